The molecule has 2 nitrogen and oxygen atoms in total. The van der Waals surface area contributed by atoms with Gasteiger partial charge in [-0.1, -0.05) is 25.7 Å². The van der Waals surface area contributed by atoms with Crippen molar-refractivity contribution in [1.82, 2.24) is 0 Å². The van der Waals surface area contributed by atoms with Gasteiger partial charge in [0.1, 0.15) is 0 Å². The summed E-state index contributed by atoms with van der Waals surface area (Å²) in [5, 5.41) is 0. The SMILES string of the molecule is CC12CCCC3CC(C4CCCCC4)(CC(N)C31)O2. The third-order valence-corrected chi connectivity index (χ3v) is 6.90. The molecule has 2 N–H and O–H groups in total. The van der Waals surface area contributed by atoms with Gasteiger partial charge in [-0.3, -0.25) is 0 Å². The van der Waals surface area contributed by atoms with Gasteiger partial charge in [-0.25, -0.2) is 0 Å². The fourth-order valence-electron chi connectivity index (χ4n) is 6.36. The molecule has 5 fully saturated rings. The van der Waals surface area contributed by atoms with Gasteiger partial charge in [-0.2, -0.15) is 0 Å². The van der Waals surface area contributed by atoms with E-state index in [2.05, 4.69) is 6.92 Å². The van der Waals surface area contributed by atoms with Crippen molar-refractivity contribution in [3.8, 4) is 0 Å². The van der Waals surface area contributed by atoms with E-state index in [1.807, 2.05) is 0 Å². The molecule has 0 spiro atoms. The Bertz CT molecular complexity index is 364. The summed E-state index contributed by atoms with van der Waals surface area (Å²) in [5.41, 5.74) is 6.88. The molecule has 5 rings (SSSR count). The van der Waals surface area contributed by atoms with Gasteiger partial charge < -0.3 is 10.5 Å². The summed E-state index contributed by atoms with van der Waals surface area (Å²) in [7, 11) is 0. The minimum Gasteiger partial charge on any atom is -0.368 e. The smallest absolute Gasteiger partial charge is 0.0735 e. The minimum atomic E-state index is 0.107. The molecule has 5 atom stereocenters. The number of hydrogen-bond acceptors (Lipinski definition) is 2. The Hall–Kier alpha value is -0.0800. The summed E-state index contributed by atoms with van der Waals surface area (Å²) in [6, 6.07) is 0.403. The van der Waals surface area contributed by atoms with Crippen LogP contribution in [0.1, 0.15) is 71.1 Å². The number of rotatable bonds is 1. The van der Waals surface area contributed by atoms with Crippen molar-refractivity contribution in [2.45, 2.75) is 88.4 Å². The largest absolute Gasteiger partial charge is 0.368 e. The molecule has 4 bridgehead atoms. The number of fused-ring (bicyclic) bond motifs is 1. The maximum atomic E-state index is 6.86. The van der Waals surface area contributed by atoms with Crippen LogP contribution in [0, 0.1) is 17.8 Å². The molecule has 3 aliphatic carbocycles. The number of ether oxygens (including phenoxy) is 1. The summed E-state index contributed by atoms with van der Waals surface area (Å²) >= 11 is 0. The Kier molecular flexibility index (Phi) is 2.80. The van der Waals surface area contributed by atoms with Gasteiger partial charge in [-0.15, -0.1) is 0 Å². The Morgan fingerprint density at radius 1 is 1.00 bits per heavy atom. The van der Waals surface area contributed by atoms with Crippen molar-refractivity contribution in [3.05, 3.63) is 0 Å². The van der Waals surface area contributed by atoms with E-state index in [0.717, 1.165) is 18.3 Å². The summed E-state index contributed by atoms with van der Waals surface area (Å²) in [6.07, 6.45) is 13.5. The normalized spacial score (nSPS) is 54.3. The summed E-state index contributed by atoms with van der Waals surface area (Å²) in [6.45, 7) is 2.37. The Morgan fingerprint density at radius 3 is 2.53 bits per heavy atom. The summed E-state index contributed by atoms with van der Waals surface area (Å²) < 4.78 is 6.86. The zero-order chi connectivity index (χ0) is 13.1. The van der Waals surface area contributed by atoms with Crippen LogP contribution in [0.4, 0.5) is 0 Å². The average Bonchev–Trinajstić information content (AvgIpc) is 2.38. The monoisotopic (exact) mass is 263 g/mol. The lowest BCUT2D eigenvalue weighted by atomic mass is 9.52. The predicted octanol–water partition coefficient (Wildman–Crippen LogP) is 3.63. The van der Waals surface area contributed by atoms with Crippen molar-refractivity contribution in [2.24, 2.45) is 23.5 Å². The zero-order valence-electron chi connectivity index (χ0n) is 12.4. The second kappa shape index (κ2) is 4.21. The van der Waals surface area contributed by atoms with E-state index in [1.54, 1.807) is 0 Å². The average molecular weight is 263 g/mol. The molecule has 2 aliphatic heterocycles. The van der Waals surface area contributed by atoms with Crippen molar-refractivity contribution in [3.63, 3.8) is 0 Å². The fraction of sp³-hybridized carbons (Fsp3) is 1.00. The van der Waals surface area contributed by atoms with Crippen LogP contribution in [0.15, 0.2) is 0 Å². The molecule has 2 saturated heterocycles. The van der Waals surface area contributed by atoms with Crippen LogP contribution in [0.3, 0.4) is 0 Å². The molecule has 5 unspecified atom stereocenters. The maximum Gasteiger partial charge on any atom is 0.0735 e. The third-order valence-electron chi connectivity index (χ3n) is 6.90. The molecule has 3 saturated carbocycles. The summed E-state index contributed by atoms with van der Waals surface area (Å²) in [5.74, 6) is 2.30. The van der Waals surface area contributed by atoms with Gasteiger partial charge in [0, 0.05) is 12.0 Å². The lowest BCUT2D eigenvalue weighted by Gasteiger charge is -2.66. The van der Waals surface area contributed by atoms with Crippen LogP contribution < -0.4 is 5.73 Å². The number of nitrogens with two attached hydrogens (primary N) is 1. The zero-order valence-corrected chi connectivity index (χ0v) is 12.4. The molecule has 0 aromatic carbocycles. The first-order valence-corrected chi connectivity index (χ1v) is 8.59. The summed E-state index contributed by atoms with van der Waals surface area (Å²) in [4.78, 5) is 0. The van der Waals surface area contributed by atoms with E-state index in [4.69, 9.17) is 10.5 Å². The molecule has 5 aliphatic rings. The highest BCUT2D eigenvalue weighted by Gasteiger charge is 2.63. The van der Waals surface area contributed by atoms with E-state index in [0.29, 0.717) is 12.0 Å². The first-order chi connectivity index (χ1) is 9.13. The molecule has 2 heteroatoms. The van der Waals surface area contributed by atoms with E-state index in [1.165, 1.54) is 57.8 Å². The van der Waals surface area contributed by atoms with Gasteiger partial charge in [-0.05, 0) is 57.3 Å². The van der Waals surface area contributed by atoms with E-state index < -0.39 is 0 Å². The van der Waals surface area contributed by atoms with Crippen molar-refractivity contribution >= 4 is 0 Å². The standard InChI is InChI=1S/C17H29NO/c1-16-9-5-6-12-10-17(19-16,11-14(18)15(12)16)13-7-3-2-4-8-13/h12-15H,2-11,18H2,1H3. The van der Waals surface area contributed by atoms with Gasteiger partial charge in [0.2, 0.25) is 0 Å². The van der Waals surface area contributed by atoms with Gasteiger partial charge in [0.15, 0.2) is 0 Å². The van der Waals surface area contributed by atoms with Crippen LogP contribution in [0.5, 0.6) is 0 Å². The Morgan fingerprint density at radius 2 is 1.79 bits per heavy atom. The van der Waals surface area contributed by atoms with Crippen LogP contribution in [-0.2, 0) is 4.74 Å². The second-order valence-electron chi connectivity index (χ2n) is 8.06. The molecule has 0 radical (unpaired) electrons. The topological polar surface area (TPSA) is 35.2 Å². The third kappa shape index (κ3) is 1.75. The maximum absolute atomic E-state index is 6.86. The van der Waals surface area contributed by atoms with E-state index in [9.17, 15) is 0 Å². The fourth-order valence-corrected chi connectivity index (χ4v) is 6.36. The lowest BCUT2D eigenvalue weighted by Crippen LogP contribution is -2.70. The van der Waals surface area contributed by atoms with Crippen molar-refractivity contribution < 1.29 is 4.74 Å². The van der Waals surface area contributed by atoms with Gasteiger partial charge >= 0.3 is 0 Å². The molecule has 0 aromatic rings. The lowest BCUT2D eigenvalue weighted by molar-refractivity contribution is -0.305. The van der Waals surface area contributed by atoms with Crippen LogP contribution >= 0.6 is 0 Å². The Balaban J connectivity index is 1.68. The molecular weight excluding hydrogens is 234 g/mol. The highest BCUT2D eigenvalue weighted by molar-refractivity contribution is 5.14. The highest BCUT2D eigenvalue weighted by atomic mass is 16.5. The first-order valence-electron chi connectivity index (χ1n) is 8.59. The highest BCUT2D eigenvalue weighted by Crippen LogP contribution is 2.61. The molecule has 0 aromatic heterocycles. The molecule has 0 amide bonds. The molecule has 19 heavy (non-hydrogen) atoms. The van der Waals surface area contributed by atoms with E-state index in [-0.39, 0.29) is 11.2 Å². The molecule has 108 valence electrons. The number of hydrogen-bond donors (Lipinski definition) is 1. The van der Waals surface area contributed by atoms with Crippen LogP contribution in [-0.4, -0.2) is 17.2 Å². The van der Waals surface area contributed by atoms with Gasteiger partial charge in [0.05, 0.1) is 11.2 Å². The quantitative estimate of drug-likeness (QED) is 0.784. The second-order valence-corrected chi connectivity index (χ2v) is 8.06. The first kappa shape index (κ1) is 12.6. The van der Waals surface area contributed by atoms with E-state index >= 15 is 0 Å². The predicted molar refractivity (Wildman–Crippen MR) is 76.8 cm³/mol. The molecule has 2 heterocycles. The van der Waals surface area contributed by atoms with Crippen LogP contribution in [0.2, 0.25) is 0 Å². The van der Waals surface area contributed by atoms with Crippen molar-refractivity contribution in [1.29, 1.82) is 0 Å². The Labute approximate surface area is 117 Å². The van der Waals surface area contributed by atoms with Crippen molar-refractivity contribution in [2.75, 3.05) is 0 Å². The molecular formula is C17H29NO. The van der Waals surface area contributed by atoms with Gasteiger partial charge in [0.25, 0.3) is 0 Å². The minimum absolute atomic E-state index is 0.107. The van der Waals surface area contributed by atoms with Crippen LogP contribution in [0.25, 0.3) is 0 Å².